The summed E-state index contributed by atoms with van der Waals surface area (Å²) in [6, 6.07) is 16.3. The molecule has 0 bridgehead atoms. The number of aliphatic imine (C=N–C) groups is 1. The molecule has 0 aliphatic heterocycles. The predicted molar refractivity (Wildman–Crippen MR) is 113 cm³/mol. The van der Waals surface area contributed by atoms with Crippen LogP contribution in [0, 0.1) is 0 Å². The van der Waals surface area contributed by atoms with Gasteiger partial charge in [0.1, 0.15) is 5.75 Å². The Morgan fingerprint density at radius 1 is 1.08 bits per heavy atom. The normalized spacial score (nSPS) is 10.8. The van der Waals surface area contributed by atoms with Crippen LogP contribution in [0.1, 0.15) is 25.0 Å². The van der Waals surface area contributed by atoms with Gasteiger partial charge in [-0.15, -0.1) is 24.0 Å². The van der Waals surface area contributed by atoms with Gasteiger partial charge in [0.25, 0.3) is 0 Å². The quantitative estimate of drug-likeness (QED) is 0.386. The summed E-state index contributed by atoms with van der Waals surface area (Å²) in [6.07, 6.45) is 1.83. The molecule has 0 radical (unpaired) electrons. The van der Waals surface area contributed by atoms with E-state index in [0.717, 1.165) is 29.8 Å². The third kappa shape index (κ3) is 6.39. The van der Waals surface area contributed by atoms with Crippen molar-refractivity contribution < 1.29 is 4.74 Å². The van der Waals surface area contributed by atoms with Crippen LogP contribution in [-0.2, 0) is 12.8 Å². The topological polar surface area (TPSA) is 59.6 Å². The van der Waals surface area contributed by atoms with Crippen LogP contribution < -0.4 is 15.8 Å². The minimum Gasteiger partial charge on any atom is -0.494 e. The summed E-state index contributed by atoms with van der Waals surface area (Å²) >= 11 is 0. The van der Waals surface area contributed by atoms with Crippen molar-refractivity contribution in [2.24, 2.45) is 10.7 Å². The van der Waals surface area contributed by atoms with Gasteiger partial charge in [-0.25, -0.2) is 0 Å². The van der Waals surface area contributed by atoms with Crippen molar-refractivity contribution in [3.8, 4) is 5.75 Å². The number of para-hydroxylation sites is 1. The molecular formula is C19H26IN3O. The number of hydrogen-bond acceptors (Lipinski definition) is 2. The molecule has 2 aromatic rings. The highest BCUT2D eigenvalue weighted by atomic mass is 127. The summed E-state index contributed by atoms with van der Waals surface area (Å²) in [6.45, 7) is 5.41. The van der Waals surface area contributed by atoms with E-state index >= 15 is 0 Å². The van der Waals surface area contributed by atoms with Crippen LogP contribution in [0.2, 0.25) is 0 Å². The molecule has 4 nitrogen and oxygen atoms in total. The number of guanidine groups is 1. The average Bonchev–Trinajstić information content (AvgIpc) is 2.57. The first-order valence-corrected chi connectivity index (χ1v) is 8.09. The summed E-state index contributed by atoms with van der Waals surface area (Å²) in [7, 11) is 0. The Labute approximate surface area is 161 Å². The lowest BCUT2D eigenvalue weighted by Gasteiger charge is -2.09. The van der Waals surface area contributed by atoms with Gasteiger partial charge >= 0.3 is 0 Å². The van der Waals surface area contributed by atoms with Gasteiger partial charge in [0.15, 0.2) is 5.96 Å². The maximum Gasteiger partial charge on any atom is 0.193 e. The number of benzene rings is 2. The van der Waals surface area contributed by atoms with Gasteiger partial charge in [0.2, 0.25) is 0 Å². The number of aryl methyl sites for hydroxylation is 1. The molecule has 0 amide bonds. The minimum atomic E-state index is 0. The Balaban J connectivity index is 0.00000288. The van der Waals surface area contributed by atoms with Gasteiger partial charge in [-0.2, -0.15) is 0 Å². The molecule has 0 aliphatic rings. The Hall–Kier alpha value is -1.76. The summed E-state index contributed by atoms with van der Waals surface area (Å²) < 4.78 is 5.62. The molecule has 2 rings (SSSR count). The number of nitrogens with two attached hydrogens (primary N) is 1. The molecule has 0 unspecified atom stereocenters. The molecule has 5 heteroatoms. The highest BCUT2D eigenvalue weighted by Gasteiger charge is 2.02. The predicted octanol–water partition coefficient (Wildman–Crippen LogP) is 4.24. The molecule has 0 aliphatic carbocycles. The number of nitrogens with one attached hydrogen (secondary N) is 1. The fourth-order valence-corrected chi connectivity index (χ4v) is 2.31. The summed E-state index contributed by atoms with van der Waals surface area (Å²) in [5.74, 6) is 1.36. The molecule has 0 spiro atoms. The molecule has 24 heavy (non-hydrogen) atoms. The highest BCUT2D eigenvalue weighted by molar-refractivity contribution is 14.0. The average molecular weight is 439 g/mol. The SMILES string of the molecule is CCOc1ccccc1CCN=C(N)Nc1ccc(CC)cc1.I. The van der Waals surface area contributed by atoms with E-state index in [1.54, 1.807) is 0 Å². The third-order valence-electron chi connectivity index (χ3n) is 3.57. The van der Waals surface area contributed by atoms with E-state index < -0.39 is 0 Å². The summed E-state index contributed by atoms with van der Waals surface area (Å²) in [4.78, 5) is 4.39. The number of rotatable bonds is 7. The molecule has 0 saturated heterocycles. The van der Waals surface area contributed by atoms with E-state index in [4.69, 9.17) is 10.5 Å². The monoisotopic (exact) mass is 439 g/mol. The van der Waals surface area contributed by atoms with Crippen LogP contribution in [0.4, 0.5) is 5.69 Å². The van der Waals surface area contributed by atoms with E-state index in [9.17, 15) is 0 Å². The van der Waals surface area contributed by atoms with Crippen molar-refractivity contribution in [3.05, 3.63) is 59.7 Å². The van der Waals surface area contributed by atoms with Crippen LogP contribution in [0.5, 0.6) is 5.75 Å². The zero-order valence-electron chi connectivity index (χ0n) is 14.3. The van der Waals surface area contributed by atoms with Crippen molar-refractivity contribution in [2.75, 3.05) is 18.5 Å². The second-order valence-corrected chi connectivity index (χ2v) is 5.23. The fraction of sp³-hybridized carbons (Fsp3) is 0.316. The molecule has 0 fully saturated rings. The zero-order valence-corrected chi connectivity index (χ0v) is 16.6. The van der Waals surface area contributed by atoms with Crippen LogP contribution >= 0.6 is 24.0 Å². The number of nitrogens with zero attached hydrogens (tertiary/aromatic N) is 1. The van der Waals surface area contributed by atoms with Crippen molar-refractivity contribution in [2.45, 2.75) is 26.7 Å². The second-order valence-electron chi connectivity index (χ2n) is 5.23. The lowest BCUT2D eigenvalue weighted by Crippen LogP contribution is -2.23. The number of halogens is 1. The van der Waals surface area contributed by atoms with E-state index in [1.165, 1.54) is 5.56 Å². The van der Waals surface area contributed by atoms with E-state index in [-0.39, 0.29) is 24.0 Å². The first-order valence-electron chi connectivity index (χ1n) is 8.09. The highest BCUT2D eigenvalue weighted by Crippen LogP contribution is 2.18. The largest absolute Gasteiger partial charge is 0.494 e. The molecule has 3 N–H and O–H groups in total. The summed E-state index contributed by atoms with van der Waals surface area (Å²) in [5, 5.41) is 3.12. The first kappa shape index (κ1) is 20.3. The summed E-state index contributed by atoms with van der Waals surface area (Å²) in [5.41, 5.74) is 9.36. The van der Waals surface area contributed by atoms with Gasteiger partial charge < -0.3 is 15.8 Å². The smallest absolute Gasteiger partial charge is 0.193 e. The van der Waals surface area contributed by atoms with Crippen LogP contribution in [0.3, 0.4) is 0 Å². The Kier molecular flexibility index (Phi) is 9.22. The van der Waals surface area contributed by atoms with Crippen molar-refractivity contribution >= 4 is 35.6 Å². The lowest BCUT2D eigenvalue weighted by molar-refractivity contribution is 0.336. The van der Waals surface area contributed by atoms with Gasteiger partial charge in [-0.1, -0.05) is 37.3 Å². The van der Waals surface area contributed by atoms with Crippen molar-refractivity contribution in [3.63, 3.8) is 0 Å². The van der Waals surface area contributed by atoms with Crippen LogP contribution in [0.25, 0.3) is 0 Å². The van der Waals surface area contributed by atoms with Gasteiger partial charge in [0.05, 0.1) is 6.61 Å². The Morgan fingerprint density at radius 3 is 2.46 bits per heavy atom. The zero-order chi connectivity index (χ0) is 16.5. The number of ether oxygens (including phenoxy) is 1. The molecule has 0 atom stereocenters. The van der Waals surface area contributed by atoms with E-state index in [1.807, 2.05) is 37.3 Å². The molecule has 2 aromatic carbocycles. The fourth-order valence-electron chi connectivity index (χ4n) is 2.31. The van der Waals surface area contributed by atoms with Gasteiger partial charge in [0, 0.05) is 12.2 Å². The molecule has 0 aromatic heterocycles. The molecule has 0 heterocycles. The van der Waals surface area contributed by atoms with E-state index in [0.29, 0.717) is 19.1 Å². The lowest BCUT2D eigenvalue weighted by atomic mass is 10.1. The van der Waals surface area contributed by atoms with Crippen LogP contribution in [-0.4, -0.2) is 19.1 Å². The molecule has 0 saturated carbocycles. The first-order chi connectivity index (χ1) is 11.2. The third-order valence-corrected chi connectivity index (χ3v) is 3.57. The Bertz CT molecular complexity index is 641. The second kappa shape index (κ2) is 10.9. The van der Waals surface area contributed by atoms with E-state index in [2.05, 4.69) is 35.4 Å². The minimum absolute atomic E-state index is 0. The maximum atomic E-state index is 5.94. The number of anilines is 1. The Morgan fingerprint density at radius 2 is 1.79 bits per heavy atom. The van der Waals surface area contributed by atoms with Crippen LogP contribution in [0.15, 0.2) is 53.5 Å². The molecule has 130 valence electrons. The van der Waals surface area contributed by atoms with Gasteiger partial charge in [-0.3, -0.25) is 4.99 Å². The molecular weight excluding hydrogens is 413 g/mol. The maximum absolute atomic E-state index is 5.94. The number of hydrogen-bond donors (Lipinski definition) is 2. The standard InChI is InChI=1S/C19H25N3O.HI/c1-3-15-9-11-17(12-10-15)22-19(20)21-14-13-16-7-5-6-8-18(16)23-4-2;/h5-12H,3-4,13-14H2,1-2H3,(H3,20,21,22);1H. The van der Waals surface area contributed by atoms with Gasteiger partial charge in [-0.05, 0) is 49.1 Å². The van der Waals surface area contributed by atoms with Crippen molar-refractivity contribution in [1.82, 2.24) is 0 Å². The van der Waals surface area contributed by atoms with Crippen molar-refractivity contribution in [1.29, 1.82) is 0 Å².